The Hall–Kier alpha value is -0.790. The van der Waals surface area contributed by atoms with Gasteiger partial charge >= 0.3 is 0 Å². The summed E-state index contributed by atoms with van der Waals surface area (Å²) >= 11 is 0. The van der Waals surface area contributed by atoms with Gasteiger partial charge in [-0.1, -0.05) is 26.8 Å². The number of rotatable bonds is 1. The van der Waals surface area contributed by atoms with E-state index in [0.29, 0.717) is 11.8 Å². The second-order valence-electron chi connectivity index (χ2n) is 3.60. The molecular weight excluding hydrogens is 150 g/mol. The van der Waals surface area contributed by atoms with Gasteiger partial charge < -0.3 is 4.74 Å². The van der Waals surface area contributed by atoms with Crippen LogP contribution in [-0.4, -0.2) is 19.6 Å². The molecule has 0 aliphatic carbocycles. The van der Waals surface area contributed by atoms with E-state index < -0.39 is 0 Å². The number of methoxy groups -OCH3 is 1. The summed E-state index contributed by atoms with van der Waals surface area (Å²) in [5.74, 6) is 1.89. The summed E-state index contributed by atoms with van der Waals surface area (Å²) in [6.07, 6.45) is 2.26. The Labute approximate surface area is 74.3 Å². The standard InChI is InChI=1S/C10H17NO/c1-7(2)9-5-8(3)6-11-10(9)12-4/h5,7-8H,6H2,1-4H3. The topological polar surface area (TPSA) is 21.6 Å². The Kier molecular flexibility index (Phi) is 2.90. The molecule has 0 saturated heterocycles. The summed E-state index contributed by atoms with van der Waals surface area (Å²) in [5.41, 5.74) is 1.25. The van der Waals surface area contributed by atoms with E-state index in [-0.39, 0.29) is 0 Å². The predicted octanol–water partition coefficient (Wildman–Crippen LogP) is 2.26. The van der Waals surface area contributed by atoms with Crippen LogP contribution in [0.4, 0.5) is 0 Å². The molecular formula is C10H17NO. The van der Waals surface area contributed by atoms with Gasteiger partial charge in [-0.05, 0) is 11.8 Å². The van der Waals surface area contributed by atoms with Gasteiger partial charge in [-0.2, -0.15) is 0 Å². The molecule has 1 atom stereocenters. The molecule has 0 spiro atoms. The van der Waals surface area contributed by atoms with Crippen LogP contribution in [0.1, 0.15) is 20.8 Å². The van der Waals surface area contributed by atoms with Gasteiger partial charge in [-0.3, -0.25) is 4.99 Å². The molecule has 2 nitrogen and oxygen atoms in total. The quantitative estimate of drug-likeness (QED) is 0.587. The third-order valence-corrected chi connectivity index (χ3v) is 2.05. The summed E-state index contributed by atoms with van der Waals surface area (Å²) in [7, 11) is 1.69. The highest BCUT2D eigenvalue weighted by Gasteiger charge is 2.17. The maximum atomic E-state index is 5.20. The minimum atomic E-state index is 0.506. The van der Waals surface area contributed by atoms with Crippen molar-refractivity contribution in [1.29, 1.82) is 0 Å². The van der Waals surface area contributed by atoms with E-state index in [0.717, 1.165) is 12.4 Å². The maximum absolute atomic E-state index is 5.20. The molecule has 0 aromatic heterocycles. The monoisotopic (exact) mass is 167 g/mol. The van der Waals surface area contributed by atoms with Crippen LogP contribution in [0.3, 0.4) is 0 Å². The molecule has 0 bridgehead atoms. The minimum absolute atomic E-state index is 0.506. The molecule has 1 aliphatic rings. The Morgan fingerprint density at radius 3 is 2.75 bits per heavy atom. The van der Waals surface area contributed by atoms with E-state index in [4.69, 9.17) is 4.74 Å². The molecule has 0 radical (unpaired) electrons. The lowest BCUT2D eigenvalue weighted by Crippen LogP contribution is -2.18. The molecule has 0 amide bonds. The zero-order valence-electron chi connectivity index (χ0n) is 8.29. The fourth-order valence-electron chi connectivity index (χ4n) is 1.37. The molecule has 0 saturated carbocycles. The zero-order valence-corrected chi connectivity index (χ0v) is 8.29. The fraction of sp³-hybridized carbons (Fsp3) is 0.700. The van der Waals surface area contributed by atoms with Crippen LogP contribution in [-0.2, 0) is 4.74 Å². The van der Waals surface area contributed by atoms with Gasteiger partial charge in [0.1, 0.15) is 0 Å². The predicted molar refractivity (Wildman–Crippen MR) is 51.4 cm³/mol. The van der Waals surface area contributed by atoms with E-state index in [1.807, 2.05) is 0 Å². The molecule has 0 fully saturated rings. The average molecular weight is 167 g/mol. The zero-order chi connectivity index (χ0) is 9.14. The summed E-state index contributed by atoms with van der Waals surface area (Å²) in [4.78, 5) is 4.36. The lowest BCUT2D eigenvalue weighted by Gasteiger charge is -2.19. The van der Waals surface area contributed by atoms with Crippen molar-refractivity contribution in [2.75, 3.05) is 13.7 Å². The number of aliphatic imine (C=N–C) groups is 1. The lowest BCUT2D eigenvalue weighted by molar-refractivity contribution is 0.391. The SMILES string of the molecule is COC1=NCC(C)C=C1C(C)C. The average Bonchev–Trinajstić information content (AvgIpc) is 2.04. The first-order chi connectivity index (χ1) is 5.65. The third kappa shape index (κ3) is 1.87. The Morgan fingerprint density at radius 1 is 1.58 bits per heavy atom. The first kappa shape index (κ1) is 9.30. The lowest BCUT2D eigenvalue weighted by atomic mass is 9.96. The van der Waals surface area contributed by atoms with Crippen molar-refractivity contribution >= 4 is 5.90 Å². The summed E-state index contributed by atoms with van der Waals surface area (Å²) in [6, 6.07) is 0. The van der Waals surface area contributed by atoms with Crippen LogP contribution in [0, 0.1) is 11.8 Å². The molecule has 0 aromatic rings. The third-order valence-electron chi connectivity index (χ3n) is 2.05. The van der Waals surface area contributed by atoms with Crippen LogP contribution >= 0.6 is 0 Å². The van der Waals surface area contributed by atoms with Gasteiger partial charge in [0, 0.05) is 12.1 Å². The van der Waals surface area contributed by atoms with Crippen molar-refractivity contribution in [1.82, 2.24) is 0 Å². The highest BCUT2D eigenvalue weighted by Crippen LogP contribution is 2.19. The molecule has 2 heteroatoms. The molecule has 0 N–H and O–H groups in total. The molecule has 1 heterocycles. The first-order valence-electron chi connectivity index (χ1n) is 4.45. The van der Waals surface area contributed by atoms with Crippen molar-refractivity contribution in [3.05, 3.63) is 11.6 Å². The van der Waals surface area contributed by atoms with Gasteiger partial charge in [0.15, 0.2) is 0 Å². The van der Waals surface area contributed by atoms with Crippen molar-refractivity contribution in [2.45, 2.75) is 20.8 Å². The largest absolute Gasteiger partial charge is 0.481 e. The van der Waals surface area contributed by atoms with Crippen LogP contribution in [0.15, 0.2) is 16.6 Å². The molecule has 68 valence electrons. The van der Waals surface area contributed by atoms with Crippen LogP contribution in [0.5, 0.6) is 0 Å². The molecule has 0 aromatic carbocycles. The summed E-state index contributed by atoms with van der Waals surface area (Å²) in [5, 5.41) is 0. The van der Waals surface area contributed by atoms with Gasteiger partial charge in [0.05, 0.1) is 7.11 Å². The van der Waals surface area contributed by atoms with Crippen molar-refractivity contribution in [2.24, 2.45) is 16.8 Å². The van der Waals surface area contributed by atoms with E-state index in [2.05, 4.69) is 31.8 Å². The fourth-order valence-corrected chi connectivity index (χ4v) is 1.37. The van der Waals surface area contributed by atoms with Gasteiger partial charge in [-0.15, -0.1) is 0 Å². The summed E-state index contributed by atoms with van der Waals surface area (Å²) < 4.78 is 5.20. The van der Waals surface area contributed by atoms with Crippen LogP contribution < -0.4 is 0 Å². The van der Waals surface area contributed by atoms with Crippen molar-refractivity contribution in [3.8, 4) is 0 Å². The second-order valence-corrected chi connectivity index (χ2v) is 3.60. The minimum Gasteiger partial charge on any atom is -0.481 e. The highest BCUT2D eigenvalue weighted by atomic mass is 16.5. The number of nitrogens with zero attached hydrogens (tertiary/aromatic N) is 1. The molecule has 1 rings (SSSR count). The van der Waals surface area contributed by atoms with Gasteiger partial charge in [-0.25, -0.2) is 0 Å². The van der Waals surface area contributed by atoms with Crippen molar-refractivity contribution in [3.63, 3.8) is 0 Å². The van der Waals surface area contributed by atoms with E-state index in [1.54, 1.807) is 7.11 Å². The number of hydrogen-bond donors (Lipinski definition) is 0. The highest BCUT2D eigenvalue weighted by molar-refractivity contribution is 5.94. The first-order valence-corrected chi connectivity index (χ1v) is 4.45. The number of hydrogen-bond acceptors (Lipinski definition) is 2. The smallest absolute Gasteiger partial charge is 0.211 e. The molecule has 1 unspecified atom stereocenters. The van der Waals surface area contributed by atoms with E-state index >= 15 is 0 Å². The van der Waals surface area contributed by atoms with E-state index in [1.165, 1.54) is 5.57 Å². The Balaban J connectivity index is 2.83. The normalized spacial score (nSPS) is 23.6. The van der Waals surface area contributed by atoms with E-state index in [9.17, 15) is 0 Å². The number of dihydropyridines is 1. The Morgan fingerprint density at radius 2 is 2.25 bits per heavy atom. The second kappa shape index (κ2) is 3.74. The molecule has 1 aliphatic heterocycles. The van der Waals surface area contributed by atoms with Gasteiger partial charge in [0.25, 0.3) is 0 Å². The Bertz CT molecular complexity index is 216. The maximum Gasteiger partial charge on any atom is 0.211 e. The van der Waals surface area contributed by atoms with Gasteiger partial charge in [0.2, 0.25) is 5.90 Å². The van der Waals surface area contributed by atoms with Crippen LogP contribution in [0.25, 0.3) is 0 Å². The summed E-state index contributed by atoms with van der Waals surface area (Å²) in [6.45, 7) is 7.37. The molecule has 12 heavy (non-hydrogen) atoms. The van der Waals surface area contributed by atoms with Crippen molar-refractivity contribution < 1.29 is 4.74 Å². The number of ether oxygens (including phenoxy) is 1. The van der Waals surface area contributed by atoms with Crippen LogP contribution in [0.2, 0.25) is 0 Å².